The van der Waals surface area contributed by atoms with Crippen molar-refractivity contribution in [1.82, 2.24) is 5.32 Å². The molecule has 0 unspecified atom stereocenters. The topological polar surface area (TPSA) is 41.1 Å². The molecule has 110 valence electrons. The van der Waals surface area contributed by atoms with Gasteiger partial charge in [0.2, 0.25) is 3.79 Å². The summed E-state index contributed by atoms with van der Waals surface area (Å²) < 4.78 is -1.69. The standard InChI is InChI=1S/C15H13Cl3N2O/c16-15(17,18)14(19-12-9-5-2-6-10-12)20-13(21)11-7-3-1-4-8-11/h1-10,14,19H,(H,20,21)/t14-/m0/s1. The molecule has 0 radical (unpaired) electrons. The third-order valence-electron chi connectivity index (χ3n) is 2.72. The van der Waals surface area contributed by atoms with Crippen LogP contribution in [-0.4, -0.2) is 15.9 Å². The zero-order chi connectivity index (χ0) is 15.3. The fraction of sp³-hybridized carbons (Fsp3) is 0.133. The Morgan fingerprint density at radius 3 is 1.95 bits per heavy atom. The first-order valence-electron chi connectivity index (χ1n) is 6.21. The Balaban J connectivity index is 2.12. The van der Waals surface area contributed by atoms with E-state index in [4.69, 9.17) is 34.8 Å². The normalized spacial score (nSPS) is 12.5. The highest BCUT2D eigenvalue weighted by Gasteiger charge is 2.34. The van der Waals surface area contributed by atoms with Crippen LogP contribution in [-0.2, 0) is 0 Å². The average molecular weight is 344 g/mol. The van der Waals surface area contributed by atoms with E-state index in [2.05, 4.69) is 10.6 Å². The summed E-state index contributed by atoms with van der Waals surface area (Å²) in [5.74, 6) is -0.324. The highest BCUT2D eigenvalue weighted by atomic mass is 35.6. The summed E-state index contributed by atoms with van der Waals surface area (Å²) in [4.78, 5) is 12.2. The maximum atomic E-state index is 12.2. The van der Waals surface area contributed by atoms with Crippen LogP contribution in [0.4, 0.5) is 5.69 Å². The van der Waals surface area contributed by atoms with E-state index in [1.807, 2.05) is 36.4 Å². The Morgan fingerprint density at radius 1 is 0.905 bits per heavy atom. The smallest absolute Gasteiger partial charge is 0.252 e. The maximum Gasteiger partial charge on any atom is 0.252 e. The number of para-hydroxylation sites is 1. The second-order valence-electron chi connectivity index (χ2n) is 4.32. The second kappa shape index (κ2) is 7.03. The van der Waals surface area contributed by atoms with Crippen LogP contribution in [0.15, 0.2) is 60.7 Å². The number of nitrogens with one attached hydrogen (secondary N) is 2. The number of anilines is 1. The molecule has 2 aromatic rings. The zero-order valence-electron chi connectivity index (χ0n) is 10.9. The van der Waals surface area contributed by atoms with Gasteiger partial charge in [-0.05, 0) is 24.3 Å². The van der Waals surface area contributed by atoms with Gasteiger partial charge in [-0.1, -0.05) is 71.2 Å². The quantitative estimate of drug-likeness (QED) is 0.644. The van der Waals surface area contributed by atoms with Crippen LogP contribution >= 0.6 is 34.8 Å². The number of rotatable bonds is 4. The number of hydrogen-bond acceptors (Lipinski definition) is 2. The van der Waals surface area contributed by atoms with Crippen molar-refractivity contribution in [2.75, 3.05) is 5.32 Å². The summed E-state index contributed by atoms with van der Waals surface area (Å²) in [5.41, 5.74) is 1.23. The molecule has 0 aliphatic heterocycles. The van der Waals surface area contributed by atoms with Gasteiger partial charge >= 0.3 is 0 Å². The first kappa shape index (κ1) is 16.0. The summed E-state index contributed by atoms with van der Waals surface area (Å²) in [5, 5.41) is 5.67. The van der Waals surface area contributed by atoms with Crippen molar-refractivity contribution in [3.63, 3.8) is 0 Å². The molecule has 0 heterocycles. The van der Waals surface area contributed by atoms with Crippen LogP contribution in [0.25, 0.3) is 0 Å². The van der Waals surface area contributed by atoms with Gasteiger partial charge in [0.15, 0.2) is 0 Å². The lowest BCUT2D eigenvalue weighted by Crippen LogP contribution is -2.49. The van der Waals surface area contributed by atoms with E-state index in [1.165, 1.54) is 0 Å². The Hall–Kier alpha value is -1.42. The minimum atomic E-state index is -1.69. The van der Waals surface area contributed by atoms with E-state index in [1.54, 1.807) is 24.3 Å². The van der Waals surface area contributed by atoms with Gasteiger partial charge in [-0.3, -0.25) is 4.79 Å². The number of benzene rings is 2. The minimum absolute atomic E-state index is 0.324. The van der Waals surface area contributed by atoms with E-state index in [9.17, 15) is 4.79 Å². The van der Waals surface area contributed by atoms with Crippen LogP contribution in [0.2, 0.25) is 0 Å². The van der Waals surface area contributed by atoms with Gasteiger partial charge in [-0.15, -0.1) is 0 Å². The van der Waals surface area contributed by atoms with Crippen molar-refractivity contribution in [2.45, 2.75) is 9.96 Å². The Bertz CT molecular complexity index is 585. The van der Waals surface area contributed by atoms with Crippen LogP contribution in [0, 0.1) is 0 Å². The molecule has 1 atom stereocenters. The van der Waals surface area contributed by atoms with Crippen molar-refractivity contribution < 1.29 is 4.79 Å². The van der Waals surface area contributed by atoms with Gasteiger partial charge in [0.05, 0.1) is 0 Å². The maximum absolute atomic E-state index is 12.2. The number of halogens is 3. The summed E-state index contributed by atoms with van der Waals surface area (Å²) in [7, 11) is 0. The highest BCUT2D eigenvalue weighted by molar-refractivity contribution is 6.68. The molecule has 3 nitrogen and oxygen atoms in total. The molecule has 2 aromatic carbocycles. The van der Waals surface area contributed by atoms with Crippen LogP contribution in [0.3, 0.4) is 0 Å². The van der Waals surface area contributed by atoms with Crippen molar-refractivity contribution in [2.24, 2.45) is 0 Å². The number of amides is 1. The molecule has 0 aromatic heterocycles. The van der Waals surface area contributed by atoms with E-state index in [0.29, 0.717) is 5.56 Å². The Kier molecular flexibility index (Phi) is 5.34. The van der Waals surface area contributed by atoms with Gasteiger partial charge in [0, 0.05) is 11.3 Å². The lowest BCUT2D eigenvalue weighted by molar-refractivity contribution is 0.0942. The van der Waals surface area contributed by atoms with E-state index in [0.717, 1.165) is 5.69 Å². The van der Waals surface area contributed by atoms with Gasteiger partial charge in [-0.25, -0.2) is 0 Å². The fourth-order valence-electron chi connectivity index (χ4n) is 1.70. The predicted octanol–water partition coefficient (Wildman–Crippen LogP) is 4.22. The van der Waals surface area contributed by atoms with Gasteiger partial charge in [0.25, 0.3) is 5.91 Å². The molecule has 21 heavy (non-hydrogen) atoms. The largest absolute Gasteiger partial charge is 0.362 e. The molecule has 2 rings (SSSR count). The first-order chi connectivity index (χ1) is 9.97. The molecule has 0 saturated heterocycles. The predicted molar refractivity (Wildman–Crippen MR) is 88.1 cm³/mol. The fourth-order valence-corrected chi connectivity index (χ4v) is 2.03. The molecular formula is C15H13Cl3N2O. The van der Waals surface area contributed by atoms with Gasteiger partial charge < -0.3 is 10.6 Å². The van der Waals surface area contributed by atoms with E-state index in [-0.39, 0.29) is 5.91 Å². The number of hydrogen-bond donors (Lipinski definition) is 2. The van der Waals surface area contributed by atoms with Crippen molar-refractivity contribution in [3.8, 4) is 0 Å². The van der Waals surface area contributed by atoms with E-state index < -0.39 is 9.96 Å². The second-order valence-corrected chi connectivity index (χ2v) is 6.69. The molecule has 2 N–H and O–H groups in total. The lowest BCUT2D eigenvalue weighted by Gasteiger charge is -2.27. The summed E-state index contributed by atoms with van der Waals surface area (Å²) in [6.07, 6.45) is -0.863. The number of alkyl halides is 3. The third kappa shape index (κ3) is 4.81. The molecule has 0 fully saturated rings. The molecule has 6 heteroatoms. The van der Waals surface area contributed by atoms with Crippen molar-refractivity contribution in [1.29, 1.82) is 0 Å². The molecular weight excluding hydrogens is 331 g/mol. The lowest BCUT2D eigenvalue weighted by atomic mass is 10.2. The van der Waals surface area contributed by atoms with Crippen molar-refractivity contribution in [3.05, 3.63) is 66.2 Å². The zero-order valence-corrected chi connectivity index (χ0v) is 13.2. The molecule has 0 bridgehead atoms. The van der Waals surface area contributed by atoms with Crippen LogP contribution in [0.1, 0.15) is 10.4 Å². The SMILES string of the molecule is O=C(N[C@H](Nc1ccccc1)C(Cl)(Cl)Cl)c1ccccc1. The first-order valence-corrected chi connectivity index (χ1v) is 7.34. The number of carbonyl (C=O) groups excluding carboxylic acids is 1. The Morgan fingerprint density at radius 2 is 1.43 bits per heavy atom. The van der Waals surface area contributed by atoms with E-state index >= 15 is 0 Å². The monoisotopic (exact) mass is 342 g/mol. The molecule has 0 aliphatic rings. The molecule has 0 saturated carbocycles. The Labute approximate surface area is 138 Å². The third-order valence-corrected chi connectivity index (χ3v) is 3.38. The van der Waals surface area contributed by atoms with Gasteiger partial charge in [0.1, 0.15) is 6.17 Å². The van der Waals surface area contributed by atoms with Crippen LogP contribution in [0.5, 0.6) is 0 Å². The summed E-state index contributed by atoms with van der Waals surface area (Å²) in [6, 6.07) is 17.9. The van der Waals surface area contributed by atoms with Gasteiger partial charge in [-0.2, -0.15) is 0 Å². The minimum Gasteiger partial charge on any atom is -0.362 e. The highest BCUT2D eigenvalue weighted by Crippen LogP contribution is 2.31. The summed E-state index contributed by atoms with van der Waals surface area (Å²) >= 11 is 17.8. The molecule has 0 aliphatic carbocycles. The molecule has 0 spiro atoms. The molecule has 1 amide bonds. The van der Waals surface area contributed by atoms with Crippen LogP contribution < -0.4 is 10.6 Å². The number of carbonyl (C=O) groups is 1. The summed E-state index contributed by atoms with van der Waals surface area (Å²) in [6.45, 7) is 0. The average Bonchev–Trinajstić information content (AvgIpc) is 2.47. The van der Waals surface area contributed by atoms with Crippen molar-refractivity contribution >= 4 is 46.4 Å².